The number of nitrogens with two attached hydrogens (primary N) is 1. The van der Waals surface area contributed by atoms with Crippen molar-refractivity contribution in [3.8, 4) is 0 Å². The van der Waals surface area contributed by atoms with Crippen molar-refractivity contribution < 1.29 is 9.53 Å². The first-order chi connectivity index (χ1) is 8.60. The van der Waals surface area contributed by atoms with E-state index in [9.17, 15) is 4.79 Å². The molecule has 0 aromatic carbocycles. The topological polar surface area (TPSA) is 52.3 Å². The van der Waals surface area contributed by atoms with E-state index in [1.54, 1.807) is 0 Å². The van der Waals surface area contributed by atoms with Crippen LogP contribution in [0.5, 0.6) is 0 Å². The molecule has 2 aliphatic rings. The summed E-state index contributed by atoms with van der Waals surface area (Å²) in [5.74, 6) is 0.647. The van der Waals surface area contributed by atoms with Crippen molar-refractivity contribution in [3.05, 3.63) is 0 Å². The van der Waals surface area contributed by atoms with Crippen LogP contribution < -0.4 is 5.73 Å². The van der Waals surface area contributed by atoms with Gasteiger partial charge in [0.05, 0.1) is 0 Å². The maximum absolute atomic E-state index is 12.3. The Kier molecular flexibility index (Phi) is 4.66. The Morgan fingerprint density at radius 3 is 2.17 bits per heavy atom. The Morgan fingerprint density at radius 1 is 1.06 bits per heavy atom. The van der Waals surface area contributed by atoms with Crippen molar-refractivity contribution >= 4 is 5.97 Å². The third-order valence-electron chi connectivity index (χ3n) is 4.64. The SMILES string of the molecule is CC1CCC(OC(=O)C2(N)CCCCCC2)CC1. The van der Waals surface area contributed by atoms with Gasteiger partial charge in [-0.2, -0.15) is 0 Å². The van der Waals surface area contributed by atoms with Crippen LogP contribution in [0.2, 0.25) is 0 Å². The average molecular weight is 253 g/mol. The molecule has 2 aliphatic carbocycles. The van der Waals surface area contributed by atoms with Crippen LogP contribution >= 0.6 is 0 Å². The Bertz CT molecular complexity index is 274. The van der Waals surface area contributed by atoms with Crippen LogP contribution in [0.1, 0.15) is 71.1 Å². The first kappa shape index (κ1) is 13.9. The number of hydrogen-bond acceptors (Lipinski definition) is 3. The van der Waals surface area contributed by atoms with Crippen molar-refractivity contribution in [3.63, 3.8) is 0 Å². The van der Waals surface area contributed by atoms with Crippen LogP contribution in [0.3, 0.4) is 0 Å². The predicted octanol–water partition coefficient (Wildman–Crippen LogP) is 3.16. The summed E-state index contributed by atoms with van der Waals surface area (Å²) in [6, 6.07) is 0. The molecule has 2 fully saturated rings. The summed E-state index contributed by atoms with van der Waals surface area (Å²) in [6.07, 6.45) is 10.6. The van der Waals surface area contributed by atoms with Crippen molar-refractivity contribution in [1.82, 2.24) is 0 Å². The second-order valence-corrected chi connectivity index (χ2v) is 6.36. The summed E-state index contributed by atoms with van der Waals surface area (Å²) < 4.78 is 5.67. The lowest BCUT2D eigenvalue weighted by Crippen LogP contribution is -2.49. The van der Waals surface area contributed by atoms with E-state index in [4.69, 9.17) is 10.5 Å². The first-order valence-corrected chi connectivity index (χ1v) is 7.60. The Balaban J connectivity index is 1.86. The fourth-order valence-electron chi connectivity index (χ4n) is 3.18. The number of ether oxygens (including phenoxy) is 1. The van der Waals surface area contributed by atoms with Gasteiger partial charge in [-0.05, 0) is 44.4 Å². The molecule has 0 aliphatic heterocycles. The van der Waals surface area contributed by atoms with Gasteiger partial charge in [-0.15, -0.1) is 0 Å². The van der Waals surface area contributed by atoms with Crippen molar-refractivity contribution in [1.29, 1.82) is 0 Å². The van der Waals surface area contributed by atoms with Crippen LogP contribution in [0, 0.1) is 5.92 Å². The smallest absolute Gasteiger partial charge is 0.326 e. The predicted molar refractivity (Wildman–Crippen MR) is 72.1 cm³/mol. The largest absolute Gasteiger partial charge is 0.461 e. The summed E-state index contributed by atoms with van der Waals surface area (Å²) in [4.78, 5) is 12.3. The van der Waals surface area contributed by atoms with Gasteiger partial charge in [-0.25, -0.2) is 0 Å². The van der Waals surface area contributed by atoms with Gasteiger partial charge >= 0.3 is 5.97 Å². The molecular formula is C15H27NO2. The molecule has 2 N–H and O–H groups in total. The molecule has 104 valence electrons. The van der Waals surface area contributed by atoms with Crippen LogP contribution in [-0.4, -0.2) is 17.6 Å². The minimum absolute atomic E-state index is 0.123. The van der Waals surface area contributed by atoms with Gasteiger partial charge in [0.15, 0.2) is 0 Å². The molecule has 3 heteroatoms. The number of carbonyl (C=O) groups is 1. The number of hydrogen-bond donors (Lipinski definition) is 1. The van der Waals surface area contributed by atoms with Crippen molar-refractivity contribution in [2.24, 2.45) is 11.7 Å². The summed E-state index contributed by atoms with van der Waals surface area (Å²) in [7, 11) is 0. The summed E-state index contributed by atoms with van der Waals surface area (Å²) in [6.45, 7) is 2.27. The lowest BCUT2D eigenvalue weighted by Gasteiger charge is -2.31. The lowest BCUT2D eigenvalue weighted by molar-refractivity contribution is -0.158. The molecule has 0 bridgehead atoms. The molecule has 0 unspecified atom stereocenters. The third-order valence-corrected chi connectivity index (χ3v) is 4.64. The number of carbonyl (C=O) groups excluding carboxylic acids is 1. The zero-order valence-electron chi connectivity index (χ0n) is 11.6. The summed E-state index contributed by atoms with van der Waals surface area (Å²) in [5.41, 5.74) is 5.58. The van der Waals surface area contributed by atoms with Gasteiger partial charge in [0.1, 0.15) is 11.6 Å². The van der Waals surface area contributed by atoms with Gasteiger partial charge in [-0.3, -0.25) is 4.79 Å². The van der Waals surface area contributed by atoms with Gasteiger partial charge in [0, 0.05) is 0 Å². The quantitative estimate of drug-likeness (QED) is 0.607. The molecular weight excluding hydrogens is 226 g/mol. The molecule has 0 heterocycles. The number of esters is 1. The monoisotopic (exact) mass is 253 g/mol. The van der Waals surface area contributed by atoms with Gasteiger partial charge in [-0.1, -0.05) is 32.6 Å². The Hall–Kier alpha value is -0.570. The van der Waals surface area contributed by atoms with Crippen LogP contribution in [-0.2, 0) is 9.53 Å². The lowest BCUT2D eigenvalue weighted by atomic mass is 9.88. The van der Waals surface area contributed by atoms with E-state index < -0.39 is 5.54 Å². The molecule has 3 nitrogen and oxygen atoms in total. The maximum Gasteiger partial charge on any atom is 0.326 e. The van der Waals surface area contributed by atoms with Gasteiger partial charge < -0.3 is 10.5 Å². The minimum Gasteiger partial charge on any atom is -0.461 e. The highest BCUT2D eigenvalue weighted by Gasteiger charge is 2.37. The molecule has 18 heavy (non-hydrogen) atoms. The normalized spacial score (nSPS) is 32.6. The summed E-state index contributed by atoms with van der Waals surface area (Å²) >= 11 is 0. The van der Waals surface area contributed by atoms with E-state index >= 15 is 0 Å². The fourth-order valence-corrected chi connectivity index (χ4v) is 3.18. The average Bonchev–Trinajstić information content (AvgIpc) is 2.58. The van der Waals surface area contributed by atoms with E-state index in [-0.39, 0.29) is 12.1 Å². The van der Waals surface area contributed by atoms with Crippen LogP contribution in [0.4, 0.5) is 0 Å². The fraction of sp³-hybridized carbons (Fsp3) is 0.933. The zero-order valence-corrected chi connectivity index (χ0v) is 11.6. The Labute approximate surface area is 110 Å². The molecule has 0 atom stereocenters. The first-order valence-electron chi connectivity index (χ1n) is 7.60. The van der Waals surface area contributed by atoms with Crippen LogP contribution in [0.25, 0.3) is 0 Å². The van der Waals surface area contributed by atoms with Crippen LogP contribution in [0.15, 0.2) is 0 Å². The highest BCUT2D eigenvalue weighted by atomic mass is 16.5. The molecule has 0 amide bonds. The molecule has 0 spiro atoms. The molecule has 0 aromatic heterocycles. The highest BCUT2D eigenvalue weighted by molar-refractivity contribution is 5.80. The van der Waals surface area contributed by atoms with E-state index in [1.807, 2.05) is 0 Å². The zero-order chi connectivity index (χ0) is 13.0. The summed E-state index contributed by atoms with van der Waals surface area (Å²) in [5, 5.41) is 0. The minimum atomic E-state index is -0.695. The van der Waals surface area contributed by atoms with Crippen molar-refractivity contribution in [2.45, 2.75) is 82.8 Å². The highest BCUT2D eigenvalue weighted by Crippen LogP contribution is 2.30. The number of rotatable bonds is 2. The van der Waals surface area contributed by atoms with E-state index in [0.717, 1.165) is 44.4 Å². The Morgan fingerprint density at radius 2 is 1.61 bits per heavy atom. The molecule has 0 saturated heterocycles. The van der Waals surface area contributed by atoms with Gasteiger partial charge in [0.25, 0.3) is 0 Å². The third kappa shape index (κ3) is 3.47. The maximum atomic E-state index is 12.3. The van der Waals surface area contributed by atoms with E-state index in [0.29, 0.717) is 0 Å². The van der Waals surface area contributed by atoms with Gasteiger partial charge in [0.2, 0.25) is 0 Å². The molecule has 0 aromatic rings. The van der Waals surface area contributed by atoms with Crippen molar-refractivity contribution in [2.75, 3.05) is 0 Å². The molecule has 2 saturated carbocycles. The molecule has 2 rings (SSSR count). The van der Waals surface area contributed by atoms with E-state index in [1.165, 1.54) is 25.7 Å². The molecule has 0 radical (unpaired) electrons. The second kappa shape index (κ2) is 6.05. The van der Waals surface area contributed by atoms with E-state index in [2.05, 4.69) is 6.92 Å². The standard InChI is InChI=1S/C15H27NO2/c1-12-6-8-13(9-7-12)18-14(17)15(16)10-4-2-3-5-11-15/h12-13H,2-11,16H2,1H3. The second-order valence-electron chi connectivity index (χ2n) is 6.36.